The Hall–Kier alpha value is -0.610. The SMILES string of the molecule is COC(=O)C(C)CN1CCC(CN(C)C)CC1. The molecule has 0 radical (unpaired) electrons. The minimum absolute atomic E-state index is 0.00889. The van der Waals surface area contributed by atoms with Gasteiger partial charge in [0.25, 0.3) is 0 Å². The molecule has 1 aliphatic rings. The zero-order valence-electron chi connectivity index (χ0n) is 11.6. The van der Waals surface area contributed by atoms with Gasteiger partial charge in [-0.25, -0.2) is 0 Å². The van der Waals surface area contributed by atoms with Gasteiger partial charge in [0.2, 0.25) is 0 Å². The summed E-state index contributed by atoms with van der Waals surface area (Å²) >= 11 is 0. The number of hydrogen-bond donors (Lipinski definition) is 0. The largest absolute Gasteiger partial charge is 0.469 e. The highest BCUT2D eigenvalue weighted by atomic mass is 16.5. The first-order valence-electron chi connectivity index (χ1n) is 6.47. The minimum atomic E-state index is -0.0968. The number of ether oxygens (including phenoxy) is 1. The third-order valence-electron chi connectivity index (χ3n) is 3.47. The van der Waals surface area contributed by atoms with Crippen molar-refractivity contribution in [2.45, 2.75) is 19.8 Å². The first-order valence-corrected chi connectivity index (χ1v) is 6.47. The lowest BCUT2D eigenvalue weighted by atomic mass is 9.95. The molecule has 0 saturated carbocycles. The molecule has 0 aromatic heterocycles. The number of carbonyl (C=O) groups is 1. The number of likely N-dealkylation sites (tertiary alicyclic amines) is 1. The van der Waals surface area contributed by atoms with E-state index in [4.69, 9.17) is 4.74 Å². The van der Waals surface area contributed by atoms with Crippen LogP contribution in [0.2, 0.25) is 0 Å². The van der Waals surface area contributed by atoms with Gasteiger partial charge in [0.1, 0.15) is 0 Å². The summed E-state index contributed by atoms with van der Waals surface area (Å²) in [4.78, 5) is 16.0. The standard InChI is InChI=1S/C13H26N2O2/c1-11(13(16)17-4)9-15-7-5-12(6-8-15)10-14(2)3/h11-12H,5-10H2,1-4H3. The summed E-state index contributed by atoms with van der Waals surface area (Å²) in [5.41, 5.74) is 0. The minimum Gasteiger partial charge on any atom is -0.469 e. The van der Waals surface area contributed by atoms with Gasteiger partial charge in [-0.15, -0.1) is 0 Å². The van der Waals surface area contributed by atoms with Gasteiger partial charge in [0.15, 0.2) is 0 Å². The van der Waals surface area contributed by atoms with Gasteiger partial charge in [-0.05, 0) is 45.9 Å². The van der Waals surface area contributed by atoms with Crippen molar-refractivity contribution < 1.29 is 9.53 Å². The van der Waals surface area contributed by atoms with E-state index in [2.05, 4.69) is 23.9 Å². The smallest absolute Gasteiger partial charge is 0.309 e. The van der Waals surface area contributed by atoms with E-state index in [-0.39, 0.29) is 11.9 Å². The highest BCUT2D eigenvalue weighted by Crippen LogP contribution is 2.18. The average Bonchev–Trinajstić information content (AvgIpc) is 2.30. The fourth-order valence-electron chi connectivity index (χ4n) is 2.53. The van der Waals surface area contributed by atoms with Crippen LogP contribution in [0.5, 0.6) is 0 Å². The summed E-state index contributed by atoms with van der Waals surface area (Å²) in [6, 6.07) is 0. The summed E-state index contributed by atoms with van der Waals surface area (Å²) in [6.07, 6.45) is 2.48. The molecule has 1 heterocycles. The van der Waals surface area contributed by atoms with Gasteiger partial charge in [-0.3, -0.25) is 4.79 Å². The van der Waals surface area contributed by atoms with Gasteiger partial charge in [-0.1, -0.05) is 6.92 Å². The lowest BCUT2D eigenvalue weighted by Gasteiger charge is -2.34. The predicted molar refractivity (Wildman–Crippen MR) is 68.9 cm³/mol. The maximum Gasteiger partial charge on any atom is 0.309 e. The normalized spacial score (nSPS) is 20.5. The molecule has 4 nitrogen and oxygen atoms in total. The van der Waals surface area contributed by atoms with Crippen LogP contribution in [0.25, 0.3) is 0 Å². The van der Waals surface area contributed by atoms with Crippen LogP contribution in [0, 0.1) is 11.8 Å². The molecule has 1 rings (SSSR count). The number of methoxy groups -OCH3 is 1. The van der Waals surface area contributed by atoms with E-state index in [1.54, 1.807) is 0 Å². The quantitative estimate of drug-likeness (QED) is 0.675. The lowest BCUT2D eigenvalue weighted by Crippen LogP contribution is -2.40. The summed E-state index contributed by atoms with van der Waals surface area (Å²) in [5.74, 6) is 0.709. The summed E-state index contributed by atoms with van der Waals surface area (Å²) in [5, 5.41) is 0. The van der Waals surface area contributed by atoms with E-state index in [1.807, 2.05) is 6.92 Å². The average molecular weight is 242 g/mol. The van der Waals surface area contributed by atoms with Gasteiger partial charge >= 0.3 is 5.97 Å². The van der Waals surface area contributed by atoms with E-state index in [0.29, 0.717) is 0 Å². The van der Waals surface area contributed by atoms with Crippen molar-refractivity contribution in [2.24, 2.45) is 11.8 Å². The van der Waals surface area contributed by atoms with Crippen LogP contribution >= 0.6 is 0 Å². The molecule has 0 amide bonds. The number of piperidine rings is 1. The molecular weight excluding hydrogens is 216 g/mol. The van der Waals surface area contributed by atoms with Crippen molar-refractivity contribution in [3.63, 3.8) is 0 Å². The molecule has 1 aliphatic heterocycles. The maximum absolute atomic E-state index is 11.3. The monoisotopic (exact) mass is 242 g/mol. The van der Waals surface area contributed by atoms with Crippen LogP contribution in [0.15, 0.2) is 0 Å². The fourth-order valence-corrected chi connectivity index (χ4v) is 2.53. The summed E-state index contributed by atoms with van der Waals surface area (Å²) in [6.45, 7) is 6.18. The van der Waals surface area contributed by atoms with Crippen molar-refractivity contribution in [2.75, 3.05) is 47.4 Å². The number of nitrogens with zero attached hydrogens (tertiary/aromatic N) is 2. The molecule has 1 unspecified atom stereocenters. The third kappa shape index (κ3) is 5.04. The van der Waals surface area contributed by atoms with Crippen LogP contribution in [0.1, 0.15) is 19.8 Å². The summed E-state index contributed by atoms with van der Waals surface area (Å²) < 4.78 is 4.76. The number of esters is 1. The second-order valence-corrected chi connectivity index (χ2v) is 5.43. The Balaban J connectivity index is 2.25. The van der Waals surface area contributed by atoms with Crippen molar-refractivity contribution in [3.05, 3.63) is 0 Å². The Bertz CT molecular complexity index is 236. The number of carbonyl (C=O) groups excluding carboxylic acids is 1. The highest BCUT2D eigenvalue weighted by molar-refractivity contribution is 5.72. The second-order valence-electron chi connectivity index (χ2n) is 5.43. The van der Waals surface area contributed by atoms with Crippen LogP contribution in [-0.2, 0) is 9.53 Å². The zero-order valence-corrected chi connectivity index (χ0v) is 11.6. The molecule has 0 aliphatic carbocycles. The Kier molecular flexibility index (Phi) is 5.92. The van der Waals surface area contributed by atoms with E-state index in [0.717, 1.165) is 25.6 Å². The van der Waals surface area contributed by atoms with Gasteiger partial charge in [-0.2, -0.15) is 0 Å². The van der Waals surface area contributed by atoms with Gasteiger partial charge in [0, 0.05) is 13.1 Å². The van der Waals surface area contributed by atoms with Crippen LogP contribution in [0.3, 0.4) is 0 Å². The van der Waals surface area contributed by atoms with Crippen molar-refractivity contribution in [1.29, 1.82) is 0 Å². The summed E-state index contributed by atoms with van der Waals surface area (Å²) in [7, 11) is 5.72. The van der Waals surface area contributed by atoms with Gasteiger partial charge in [0.05, 0.1) is 13.0 Å². The Morgan fingerprint density at radius 1 is 1.41 bits per heavy atom. The van der Waals surface area contributed by atoms with Crippen molar-refractivity contribution >= 4 is 5.97 Å². The molecular formula is C13H26N2O2. The topological polar surface area (TPSA) is 32.8 Å². The lowest BCUT2D eigenvalue weighted by molar-refractivity contribution is -0.145. The Labute approximate surface area is 105 Å². The predicted octanol–water partition coefficient (Wildman–Crippen LogP) is 1.07. The second kappa shape index (κ2) is 6.97. The molecule has 0 N–H and O–H groups in total. The van der Waals surface area contributed by atoms with Gasteiger partial charge < -0.3 is 14.5 Å². The number of hydrogen-bond acceptors (Lipinski definition) is 4. The molecule has 1 saturated heterocycles. The molecule has 100 valence electrons. The molecule has 1 atom stereocenters. The van der Waals surface area contributed by atoms with E-state index < -0.39 is 0 Å². The molecule has 17 heavy (non-hydrogen) atoms. The number of rotatable bonds is 5. The molecule has 4 heteroatoms. The molecule has 1 fully saturated rings. The highest BCUT2D eigenvalue weighted by Gasteiger charge is 2.23. The fraction of sp³-hybridized carbons (Fsp3) is 0.923. The maximum atomic E-state index is 11.3. The molecule has 0 aromatic rings. The third-order valence-corrected chi connectivity index (χ3v) is 3.47. The Morgan fingerprint density at radius 3 is 2.47 bits per heavy atom. The van der Waals surface area contributed by atoms with Crippen molar-refractivity contribution in [3.8, 4) is 0 Å². The van der Waals surface area contributed by atoms with E-state index in [9.17, 15) is 4.79 Å². The first-order chi connectivity index (χ1) is 8.02. The molecule has 0 spiro atoms. The Morgan fingerprint density at radius 2 is 2.00 bits per heavy atom. The van der Waals surface area contributed by atoms with E-state index in [1.165, 1.54) is 26.5 Å². The molecule has 0 bridgehead atoms. The van der Waals surface area contributed by atoms with Crippen LogP contribution < -0.4 is 0 Å². The van der Waals surface area contributed by atoms with Crippen LogP contribution in [-0.4, -0.2) is 63.2 Å². The van der Waals surface area contributed by atoms with Crippen LogP contribution in [0.4, 0.5) is 0 Å². The molecule has 0 aromatic carbocycles. The van der Waals surface area contributed by atoms with Crippen molar-refractivity contribution in [1.82, 2.24) is 9.80 Å². The van der Waals surface area contributed by atoms with E-state index >= 15 is 0 Å². The zero-order chi connectivity index (χ0) is 12.8. The first kappa shape index (κ1) is 14.5.